The van der Waals surface area contributed by atoms with E-state index in [-0.39, 0.29) is 18.5 Å². The van der Waals surface area contributed by atoms with Crippen LogP contribution in [0.1, 0.15) is 20.3 Å². The fourth-order valence-corrected chi connectivity index (χ4v) is 1.68. The third kappa shape index (κ3) is 4.06. The minimum Gasteiger partial charge on any atom is -0.399 e. The van der Waals surface area contributed by atoms with Crippen molar-refractivity contribution in [3.8, 4) is 0 Å². The third-order valence-corrected chi connectivity index (χ3v) is 2.27. The summed E-state index contributed by atoms with van der Waals surface area (Å²) in [7, 11) is 0. The first-order valence-electron chi connectivity index (χ1n) is 5.44. The molecule has 0 amide bonds. The summed E-state index contributed by atoms with van der Waals surface area (Å²) in [5.41, 5.74) is 6.52. The quantitative estimate of drug-likeness (QED) is 0.675. The maximum atomic E-state index is 13.1. The molecule has 0 aliphatic carbocycles. The van der Waals surface area contributed by atoms with Crippen LogP contribution in [0.15, 0.2) is 18.2 Å². The van der Waals surface area contributed by atoms with Crippen molar-refractivity contribution in [2.24, 2.45) is 5.92 Å². The standard InChI is InChI=1S/C12H19FN2O/c1-8(2)3-12(7-16)15-11-5-9(13)4-10(14)6-11/h4-6,8,12,15-16H,3,7,14H2,1-2H3. The molecule has 16 heavy (non-hydrogen) atoms. The Bertz CT molecular complexity index is 322. The van der Waals surface area contributed by atoms with Crippen molar-refractivity contribution in [2.75, 3.05) is 17.7 Å². The van der Waals surface area contributed by atoms with E-state index in [9.17, 15) is 9.50 Å². The summed E-state index contributed by atoms with van der Waals surface area (Å²) in [4.78, 5) is 0. The van der Waals surface area contributed by atoms with E-state index in [1.165, 1.54) is 12.1 Å². The van der Waals surface area contributed by atoms with Crippen LogP contribution in [0.4, 0.5) is 15.8 Å². The number of anilines is 2. The van der Waals surface area contributed by atoms with Gasteiger partial charge in [-0.15, -0.1) is 0 Å². The Morgan fingerprint density at radius 3 is 2.56 bits per heavy atom. The first-order valence-corrected chi connectivity index (χ1v) is 5.44. The fourth-order valence-electron chi connectivity index (χ4n) is 1.68. The lowest BCUT2D eigenvalue weighted by Gasteiger charge is -2.19. The molecule has 0 bridgehead atoms. The number of aliphatic hydroxyl groups is 1. The van der Waals surface area contributed by atoms with E-state index in [0.717, 1.165) is 6.42 Å². The van der Waals surface area contributed by atoms with Gasteiger partial charge in [0, 0.05) is 17.4 Å². The van der Waals surface area contributed by atoms with Crippen LogP contribution >= 0.6 is 0 Å². The number of aliphatic hydroxyl groups excluding tert-OH is 1. The van der Waals surface area contributed by atoms with Gasteiger partial charge < -0.3 is 16.2 Å². The van der Waals surface area contributed by atoms with Gasteiger partial charge in [0.05, 0.1) is 6.61 Å². The first kappa shape index (κ1) is 12.8. The Hall–Kier alpha value is -1.29. The molecule has 90 valence electrons. The highest BCUT2D eigenvalue weighted by Gasteiger charge is 2.10. The molecule has 0 saturated heterocycles. The summed E-state index contributed by atoms with van der Waals surface area (Å²) in [6, 6.07) is 4.23. The van der Waals surface area contributed by atoms with Crippen molar-refractivity contribution in [1.82, 2.24) is 0 Å². The lowest BCUT2D eigenvalue weighted by molar-refractivity contribution is 0.259. The lowest BCUT2D eigenvalue weighted by atomic mass is 10.0. The molecule has 0 radical (unpaired) electrons. The van der Waals surface area contributed by atoms with Crippen LogP contribution in [0.3, 0.4) is 0 Å². The van der Waals surface area contributed by atoms with Crippen molar-refractivity contribution in [3.05, 3.63) is 24.0 Å². The highest BCUT2D eigenvalue weighted by Crippen LogP contribution is 2.18. The largest absolute Gasteiger partial charge is 0.399 e. The van der Waals surface area contributed by atoms with Crippen LogP contribution < -0.4 is 11.1 Å². The van der Waals surface area contributed by atoms with E-state index in [1.807, 2.05) is 0 Å². The SMILES string of the molecule is CC(C)CC(CO)Nc1cc(N)cc(F)c1. The average molecular weight is 226 g/mol. The molecule has 1 rings (SSSR count). The molecule has 0 fully saturated rings. The molecule has 0 heterocycles. The molecule has 4 heteroatoms. The van der Waals surface area contributed by atoms with Gasteiger partial charge in [-0.25, -0.2) is 4.39 Å². The second-order valence-electron chi connectivity index (χ2n) is 4.43. The van der Waals surface area contributed by atoms with Gasteiger partial charge >= 0.3 is 0 Å². The number of benzene rings is 1. The smallest absolute Gasteiger partial charge is 0.127 e. The number of nitrogens with two attached hydrogens (primary N) is 1. The predicted molar refractivity (Wildman–Crippen MR) is 64.8 cm³/mol. The van der Waals surface area contributed by atoms with Gasteiger partial charge in [0.2, 0.25) is 0 Å². The molecule has 0 aliphatic heterocycles. The van der Waals surface area contributed by atoms with Crippen LogP contribution in [-0.4, -0.2) is 17.8 Å². The molecule has 4 N–H and O–H groups in total. The molecule has 0 spiro atoms. The summed E-state index contributed by atoms with van der Waals surface area (Å²) >= 11 is 0. The first-order chi connectivity index (χ1) is 7.51. The molecule has 3 nitrogen and oxygen atoms in total. The van der Waals surface area contributed by atoms with Crippen LogP contribution in [-0.2, 0) is 0 Å². The average Bonchev–Trinajstić information content (AvgIpc) is 2.14. The van der Waals surface area contributed by atoms with Gasteiger partial charge in [0.1, 0.15) is 5.82 Å². The zero-order valence-electron chi connectivity index (χ0n) is 9.70. The van der Waals surface area contributed by atoms with Crippen molar-refractivity contribution in [3.63, 3.8) is 0 Å². The zero-order chi connectivity index (χ0) is 12.1. The molecule has 0 aliphatic rings. The Kier molecular flexibility index (Phi) is 4.55. The van der Waals surface area contributed by atoms with Gasteiger partial charge in [-0.05, 0) is 30.5 Å². The highest BCUT2D eigenvalue weighted by atomic mass is 19.1. The minimum absolute atomic E-state index is 0.0224. The van der Waals surface area contributed by atoms with Crippen molar-refractivity contribution in [1.29, 1.82) is 0 Å². The lowest BCUT2D eigenvalue weighted by Crippen LogP contribution is -2.25. The van der Waals surface area contributed by atoms with Crippen molar-refractivity contribution in [2.45, 2.75) is 26.3 Å². The van der Waals surface area contributed by atoms with Crippen LogP contribution in [0, 0.1) is 11.7 Å². The minimum atomic E-state index is -0.372. The van der Waals surface area contributed by atoms with E-state index in [2.05, 4.69) is 19.2 Å². The Labute approximate surface area is 95.5 Å². The Morgan fingerprint density at radius 1 is 1.38 bits per heavy atom. The van der Waals surface area contributed by atoms with Crippen LogP contribution in [0.2, 0.25) is 0 Å². The number of nitrogens with one attached hydrogen (secondary N) is 1. The van der Waals surface area contributed by atoms with E-state index >= 15 is 0 Å². The Morgan fingerprint density at radius 2 is 2.06 bits per heavy atom. The van der Waals surface area contributed by atoms with Crippen molar-refractivity contribution < 1.29 is 9.50 Å². The number of hydrogen-bond donors (Lipinski definition) is 3. The van der Waals surface area contributed by atoms with E-state index < -0.39 is 0 Å². The molecular weight excluding hydrogens is 207 g/mol. The topological polar surface area (TPSA) is 58.3 Å². The van der Waals surface area contributed by atoms with E-state index in [1.54, 1.807) is 6.07 Å². The van der Waals surface area contributed by atoms with E-state index in [0.29, 0.717) is 17.3 Å². The predicted octanol–water partition coefficient (Wildman–Crippen LogP) is 2.23. The highest BCUT2D eigenvalue weighted by molar-refractivity contribution is 5.55. The van der Waals surface area contributed by atoms with Gasteiger partial charge in [-0.3, -0.25) is 0 Å². The van der Waals surface area contributed by atoms with Gasteiger partial charge in [0.25, 0.3) is 0 Å². The summed E-state index contributed by atoms with van der Waals surface area (Å²) < 4.78 is 13.1. The van der Waals surface area contributed by atoms with Gasteiger partial charge in [-0.1, -0.05) is 13.8 Å². The summed E-state index contributed by atoms with van der Waals surface area (Å²) in [5, 5.41) is 12.3. The summed E-state index contributed by atoms with van der Waals surface area (Å²) in [6.07, 6.45) is 0.826. The van der Waals surface area contributed by atoms with Gasteiger partial charge in [-0.2, -0.15) is 0 Å². The third-order valence-electron chi connectivity index (χ3n) is 2.27. The molecule has 1 unspecified atom stereocenters. The second kappa shape index (κ2) is 5.70. The van der Waals surface area contributed by atoms with E-state index in [4.69, 9.17) is 5.73 Å². The molecule has 1 atom stereocenters. The Balaban J connectivity index is 2.69. The summed E-state index contributed by atoms with van der Waals surface area (Å²) in [5.74, 6) is 0.0966. The number of nitrogen functional groups attached to an aromatic ring is 1. The molecule has 0 saturated carbocycles. The monoisotopic (exact) mass is 226 g/mol. The number of hydrogen-bond acceptors (Lipinski definition) is 3. The van der Waals surface area contributed by atoms with Crippen molar-refractivity contribution >= 4 is 11.4 Å². The maximum absolute atomic E-state index is 13.1. The molecule has 1 aromatic carbocycles. The number of halogens is 1. The molecular formula is C12H19FN2O. The normalized spacial score (nSPS) is 12.8. The van der Waals surface area contributed by atoms with Crippen LogP contribution in [0.25, 0.3) is 0 Å². The number of rotatable bonds is 5. The summed E-state index contributed by atoms with van der Waals surface area (Å²) in [6.45, 7) is 4.17. The van der Waals surface area contributed by atoms with Crippen LogP contribution in [0.5, 0.6) is 0 Å². The molecule has 1 aromatic rings. The van der Waals surface area contributed by atoms with Gasteiger partial charge in [0.15, 0.2) is 0 Å². The second-order valence-corrected chi connectivity index (χ2v) is 4.43. The zero-order valence-corrected chi connectivity index (χ0v) is 9.70. The maximum Gasteiger partial charge on any atom is 0.127 e. The molecule has 0 aromatic heterocycles. The fraction of sp³-hybridized carbons (Fsp3) is 0.500.